The van der Waals surface area contributed by atoms with Crippen molar-refractivity contribution in [2.75, 3.05) is 13.7 Å². The second-order valence-corrected chi connectivity index (χ2v) is 8.77. The molecule has 1 atom stereocenters. The molecule has 0 spiro atoms. The first-order valence-corrected chi connectivity index (χ1v) is 12.0. The van der Waals surface area contributed by atoms with Gasteiger partial charge in [-0.1, -0.05) is 18.2 Å². The molecule has 0 amide bonds. The van der Waals surface area contributed by atoms with Crippen molar-refractivity contribution in [3.05, 3.63) is 117 Å². The number of nitrogens with one attached hydrogen (secondary N) is 1. The van der Waals surface area contributed by atoms with E-state index in [-0.39, 0.29) is 23.4 Å². The predicted molar refractivity (Wildman–Crippen MR) is 142 cm³/mol. The van der Waals surface area contributed by atoms with Crippen molar-refractivity contribution in [2.24, 2.45) is 0 Å². The van der Waals surface area contributed by atoms with Gasteiger partial charge < -0.3 is 19.4 Å². The molecule has 0 radical (unpaired) electrons. The highest BCUT2D eigenvalue weighted by Gasteiger charge is 2.38. The van der Waals surface area contributed by atoms with E-state index in [1.165, 1.54) is 25.3 Å². The van der Waals surface area contributed by atoms with Crippen LogP contribution in [-0.2, 0) is 25.6 Å². The molecular formula is C28H27N5O6. The molecule has 11 nitrogen and oxygen atoms in total. The van der Waals surface area contributed by atoms with Crippen molar-refractivity contribution in [1.82, 2.24) is 19.9 Å². The van der Waals surface area contributed by atoms with Gasteiger partial charge in [0.1, 0.15) is 6.61 Å². The molecule has 4 rings (SSSR count). The number of aromatic nitrogens is 3. The van der Waals surface area contributed by atoms with Crippen LogP contribution >= 0.6 is 0 Å². The number of dihydropyridines is 1. The summed E-state index contributed by atoms with van der Waals surface area (Å²) in [6.45, 7) is 3.88. The van der Waals surface area contributed by atoms with Gasteiger partial charge in [0, 0.05) is 35.9 Å². The smallest absolute Gasteiger partial charge is 0.337 e. The fourth-order valence-corrected chi connectivity index (χ4v) is 4.41. The molecule has 0 fully saturated rings. The maximum Gasteiger partial charge on any atom is 0.337 e. The minimum absolute atomic E-state index is 0.0546. The molecule has 1 unspecified atom stereocenters. The molecule has 1 N–H and O–H groups in total. The average Bonchev–Trinajstić information content (AvgIpc) is 3.43. The molecule has 200 valence electrons. The number of imidazole rings is 1. The van der Waals surface area contributed by atoms with Crippen LogP contribution in [0.3, 0.4) is 0 Å². The summed E-state index contributed by atoms with van der Waals surface area (Å²) in [4.78, 5) is 45.6. The number of esters is 2. The lowest BCUT2D eigenvalue weighted by Gasteiger charge is -2.30. The van der Waals surface area contributed by atoms with Gasteiger partial charge in [-0.05, 0) is 43.7 Å². The number of benzene rings is 1. The Kier molecular flexibility index (Phi) is 8.30. The second-order valence-electron chi connectivity index (χ2n) is 8.77. The topological polar surface area (TPSA) is 138 Å². The van der Waals surface area contributed by atoms with Crippen molar-refractivity contribution >= 4 is 23.7 Å². The zero-order valence-corrected chi connectivity index (χ0v) is 21.7. The Morgan fingerprint density at radius 3 is 2.56 bits per heavy atom. The van der Waals surface area contributed by atoms with Gasteiger partial charge in [0.15, 0.2) is 0 Å². The molecule has 3 heterocycles. The summed E-state index contributed by atoms with van der Waals surface area (Å²) in [5.74, 6) is -2.25. The largest absolute Gasteiger partial charge is 0.466 e. The third-order valence-corrected chi connectivity index (χ3v) is 6.13. The van der Waals surface area contributed by atoms with Gasteiger partial charge >= 0.3 is 11.9 Å². The number of carbonyl (C=O) groups is 2. The normalized spacial score (nSPS) is 15.3. The molecule has 1 aliphatic rings. The summed E-state index contributed by atoms with van der Waals surface area (Å²) in [5.41, 5.74) is 3.06. The van der Waals surface area contributed by atoms with Crippen LogP contribution in [-0.4, -0.2) is 45.1 Å². The van der Waals surface area contributed by atoms with E-state index in [9.17, 15) is 19.7 Å². The van der Waals surface area contributed by atoms with E-state index >= 15 is 0 Å². The third-order valence-electron chi connectivity index (χ3n) is 6.13. The van der Waals surface area contributed by atoms with Gasteiger partial charge in [-0.2, -0.15) is 0 Å². The zero-order valence-electron chi connectivity index (χ0n) is 21.7. The number of nitro benzene ring substituents is 1. The molecule has 39 heavy (non-hydrogen) atoms. The van der Waals surface area contributed by atoms with Crippen LogP contribution in [0, 0.1) is 10.1 Å². The number of pyridine rings is 1. The first kappa shape index (κ1) is 27.0. The van der Waals surface area contributed by atoms with Crippen LogP contribution in [0.5, 0.6) is 0 Å². The van der Waals surface area contributed by atoms with E-state index in [4.69, 9.17) is 9.47 Å². The fourth-order valence-electron chi connectivity index (χ4n) is 4.41. The first-order valence-electron chi connectivity index (χ1n) is 12.0. The SMILES string of the molecule is COC(=O)C1=C(C)NC(C)=C(C(=O)OCC=Cc2cccc(Cn3ccnc3)n2)C1c1cccc([N+](=O)[O-])c1. The first-order chi connectivity index (χ1) is 18.8. The monoisotopic (exact) mass is 529 g/mol. The molecule has 1 aliphatic heterocycles. The maximum absolute atomic E-state index is 13.3. The van der Waals surface area contributed by atoms with Crippen LogP contribution in [0.2, 0.25) is 0 Å². The Balaban J connectivity index is 1.54. The number of allylic oxidation sites excluding steroid dienone is 2. The highest BCUT2D eigenvalue weighted by atomic mass is 16.6. The van der Waals surface area contributed by atoms with Crippen LogP contribution in [0.15, 0.2) is 89.8 Å². The van der Waals surface area contributed by atoms with Gasteiger partial charge in [-0.3, -0.25) is 15.1 Å². The molecule has 1 aromatic carbocycles. The fraction of sp³-hybridized carbons (Fsp3) is 0.214. The number of hydrogen-bond acceptors (Lipinski definition) is 9. The molecule has 2 aromatic heterocycles. The van der Waals surface area contributed by atoms with Gasteiger partial charge in [0.2, 0.25) is 0 Å². The lowest BCUT2D eigenvalue weighted by atomic mass is 9.80. The van der Waals surface area contributed by atoms with Crippen LogP contribution in [0.25, 0.3) is 6.08 Å². The summed E-state index contributed by atoms with van der Waals surface area (Å²) >= 11 is 0. The number of methoxy groups -OCH3 is 1. The Morgan fingerprint density at radius 2 is 1.87 bits per heavy atom. The summed E-state index contributed by atoms with van der Waals surface area (Å²) in [7, 11) is 1.24. The van der Waals surface area contributed by atoms with E-state index in [0.717, 1.165) is 5.69 Å². The Morgan fingerprint density at radius 1 is 1.13 bits per heavy atom. The number of carbonyl (C=O) groups excluding carboxylic acids is 2. The second kappa shape index (κ2) is 12.0. The lowest BCUT2D eigenvalue weighted by Crippen LogP contribution is -2.32. The summed E-state index contributed by atoms with van der Waals surface area (Å²) in [6, 6.07) is 11.5. The van der Waals surface area contributed by atoms with Crippen LogP contribution in [0.4, 0.5) is 5.69 Å². The van der Waals surface area contributed by atoms with E-state index in [1.54, 1.807) is 44.6 Å². The van der Waals surface area contributed by atoms with E-state index in [1.807, 2.05) is 29.0 Å². The number of non-ortho nitro benzene ring substituents is 1. The molecule has 0 saturated carbocycles. The van der Waals surface area contributed by atoms with Crippen LogP contribution < -0.4 is 5.32 Å². The summed E-state index contributed by atoms with van der Waals surface area (Å²) < 4.78 is 12.4. The third kappa shape index (κ3) is 6.27. The molecule has 0 aliphatic carbocycles. The highest BCUT2D eigenvalue weighted by molar-refractivity contribution is 6.00. The van der Waals surface area contributed by atoms with E-state index < -0.39 is 22.8 Å². The molecule has 3 aromatic rings. The Bertz CT molecular complexity index is 1490. The maximum atomic E-state index is 13.3. The molecule has 0 saturated heterocycles. The van der Waals surface area contributed by atoms with E-state index in [0.29, 0.717) is 29.2 Å². The van der Waals surface area contributed by atoms with Crippen molar-refractivity contribution in [1.29, 1.82) is 0 Å². The Hall–Kier alpha value is -5.06. The Labute approximate surface area is 224 Å². The zero-order chi connectivity index (χ0) is 27.9. The standard InChI is InChI=1S/C28H27N5O6/c1-18-24(27(34)38-3)26(20-7-4-11-23(15-20)33(36)37)25(19(2)30-18)28(35)39-14-6-10-21-8-5-9-22(31-21)16-32-13-12-29-17-32/h4-13,15,17,26,30H,14,16H2,1-3H3. The molecule has 11 heteroatoms. The highest BCUT2D eigenvalue weighted by Crippen LogP contribution is 2.40. The molecular weight excluding hydrogens is 502 g/mol. The summed E-state index contributed by atoms with van der Waals surface area (Å²) in [6.07, 6.45) is 8.67. The van der Waals surface area contributed by atoms with Gasteiger partial charge in [0.25, 0.3) is 5.69 Å². The number of hydrogen-bond donors (Lipinski definition) is 1. The lowest BCUT2D eigenvalue weighted by molar-refractivity contribution is -0.384. The minimum atomic E-state index is -0.920. The quantitative estimate of drug-likeness (QED) is 0.248. The number of nitro groups is 1. The average molecular weight is 530 g/mol. The van der Waals surface area contributed by atoms with Gasteiger partial charge in [0.05, 0.1) is 53.4 Å². The number of rotatable bonds is 9. The van der Waals surface area contributed by atoms with Gasteiger partial charge in [-0.15, -0.1) is 0 Å². The number of ether oxygens (including phenoxy) is 2. The predicted octanol–water partition coefficient (Wildman–Crippen LogP) is 3.90. The summed E-state index contributed by atoms with van der Waals surface area (Å²) in [5, 5.41) is 14.5. The molecule has 0 bridgehead atoms. The van der Waals surface area contributed by atoms with Crippen molar-refractivity contribution in [3.8, 4) is 0 Å². The number of nitrogens with zero attached hydrogens (tertiary/aromatic N) is 4. The minimum Gasteiger partial charge on any atom is -0.466 e. The van der Waals surface area contributed by atoms with E-state index in [2.05, 4.69) is 15.3 Å². The van der Waals surface area contributed by atoms with Crippen LogP contribution in [0.1, 0.15) is 36.7 Å². The van der Waals surface area contributed by atoms with Gasteiger partial charge in [-0.25, -0.2) is 14.6 Å². The van der Waals surface area contributed by atoms with Crippen molar-refractivity contribution in [3.63, 3.8) is 0 Å². The van der Waals surface area contributed by atoms with Crippen molar-refractivity contribution in [2.45, 2.75) is 26.3 Å². The van der Waals surface area contributed by atoms with Crippen molar-refractivity contribution < 1.29 is 24.0 Å².